The van der Waals surface area contributed by atoms with Gasteiger partial charge in [0.15, 0.2) is 0 Å². The number of aliphatic hydroxyl groups excluding tert-OH is 1. The van der Waals surface area contributed by atoms with Crippen molar-refractivity contribution in [2.45, 2.75) is 57.7 Å². The van der Waals surface area contributed by atoms with Gasteiger partial charge >= 0.3 is 0 Å². The molecule has 3 rings (SSSR count). The third kappa shape index (κ3) is 2.85. The number of aliphatic hydroxyl groups is 1. The molecular formula is C17H24O2. The van der Waals surface area contributed by atoms with Crippen molar-refractivity contribution >= 4 is 0 Å². The summed E-state index contributed by atoms with van der Waals surface area (Å²) in [7, 11) is 0. The van der Waals surface area contributed by atoms with E-state index in [1.807, 2.05) is 6.92 Å². The van der Waals surface area contributed by atoms with Crippen molar-refractivity contribution in [1.82, 2.24) is 0 Å². The van der Waals surface area contributed by atoms with Gasteiger partial charge in [-0.15, -0.1) is 0 Å². The first kappa shape index (κ1) is 13.1. The summed E-state index contributed by atoms with van der Waals surface area (Å²) in [6.45, 7) is 2.86. The molecule has 0 saturated heterocycles. The van der Waals surface area contributed by atoms with Crippen molar-refractivity contribution in [3.05, 3.63) is 34.9 Å². The molecule has 2 heteroatoms. The van der Waals surface area contributed by atoms with Gasteiger partial charge < -0.3 is 9.84 Å². The lowest BCUT2D eigenvalue weighted by atomic mass is 9.77. The smallest absolute Gasteiger partial charge is 0.0792 e. The Morgan fingerprint density at radius 3 is 2.84 bits per heavy atom. The van der Waals surface area contributed by atoms with Crippen molar-refractivity contribution in [3.8, 4) is 0 Å². The second-order valence-electron chi connectivity index (χ2n) is 6.05. The molecule has 1 atom stereocenters. The number of hydrogen-bond donors (Lipinski definition) is 1. The summed E-state index contributed by atoms with van der Waals surface area (Å²) in [5.74, 6) is 0.639. The van der Waals surface area contributed by atoms with Crippen LogP contribution in [0.5, 0.6) is 0 Å². The Bertz CT molecular complexity index is 435. The number of aryl methyl sites for hydroxylation is 2. The van der Waals surface area contributed by atoms with Crippen molar-refractivity contribution in [3.63, 3.8) is 0 Å². The van der Waals surface area contributed by atoms with Crippen molar-refractivity contribution < 1.29 is 9.84 Å². The van der Waals surface area contributed by atoms with Crippen molar-refractivity contribution in [2.75, 3.05) is 6.61 Å². The highest BCUT2D eigenvalue weighted by molar-refractivity contribution is 5.36. The topological polar surface area (TPSA) is 29.5 Å². The number of fused-ring (bicyclic) bond motifs is 1. The van der Waals surface area contributed by atoms with Crippen molar-refractivity contribution in [2.24, 2.45) is 5.92 Å². The lowest BCUT2D eigenvalue weighted by Crippen LogP contribution is -2.32. The molecule has 1 aromatic carbocycles. The predicted molar refractivity (Wildman–Crippen MR) is 76.2 cm³/mol. The zero-order valence-corrected chi connectivity index (χ0v) is 11.8. The van der Waals surface area contributed by atoms with Crippen LogP contribution in [0.3, 0.4) is 0 Å². The molecule has 2 nitrogen and oxygen atoms in total. The Hall–Kier alpha value is -0.860. The highest BCUT2D eigenvalue weighted by atomic mass is 16.5. The zero-order valence-electron chi connectivity index (χ0n) is 11.8. The monoisotopic (exact) mass is 260 g/mol. The molecule has 1 aromatic rings. The van der Waals surface area contributed by atoms with Crippen LogP contribution in [0.2, 0.25) is 0 Å². The standard InChI is InChI=1S/C17H24O2/c1-2-19-16-8-12(9-16)10-17(18)15-7-6-13-4-3-5-14(13)11-15/h6-7,11-12,16-18H,2-5,8-10H2,1H3. The van der Waals surface area contributed by atoms with E-state index >= 15 is 0 Å². The predicted octanol–water partition coefficient (Wildman–Crippen LogP) is 3.41. The van der Waals surface area contributed by atoms with E-state index in [2.05, 4.69) is 18.2 Å². The van der Waals surface area contributed by atoms with E-state index < -0.39 is 0 Å². The third-order valence-electron chi connectivity index (χ3n) is 4.66. The van der Waals surface area contributed by atoms with Gasteiger partial charge in [0.1, 0.15) is 0 Å². The summed E-state index contributed by atoms with van der Waals surface area (Å²) in [6, 6.07) is 6.56. The van der Waals surface area contributed by atoms with Crippen LogP contribution in [-0.4, -0.2) is 17.8 Å². The quantitative estimate of drug-likeness (QED) is 0.879. The molecule has 0 aliphatic heterocycles. The average molecular weight is 260 g/mol. The van der Waals surface area contributed by atoms with Gasteiger partial charge in [0.05, 0.1) is 12.2 Å². The van der Waals surface area contributed by atoms with Crippen LogP contribution in [0.25, 0.3) is 0 Å². The molecule has 2 aliphatic carbocycles. The highest BCUT2D eigenvalue weighted by Crippen LogP contribution is 2.37. The Morgan fingerprint density at radius 1 is 1.26 bits per heavy atom. The second kappa shape index (κ2) is 5.64. The lowest BCUT2D eigenvalue weighted by molar-refractivity contribution is -0.0380. The lowest BCUT2D eigenvalue weighted by Gasteiger charge is -2.36. The first-order valence-corrected chi connectivity index (χ1v) is 7.67. The fourth-order valence-electron chi connectivity index (χ4n) is 3.49. The Balaban J connectivity index is 1.55. The molecule has 0 radical (unpaired) electrons. The summed E-state index contributed by atoms with van der Waals surface area (Å²) in [6.07, 6.45) is 6.96. The van der Waals surface area contributed by atoms with Crippen LogP contribution in [0.1, 0.15) is 55.4 Å². The number of benzene rings is 1. The minimum absolute atomic E-state index is 0.293. The summed E-state index contributed by atoms with van der Waals surface area (Å²) in [5.41, 5.74) is 4.05. The van der Waals surface area contributed by atoms with Crippen molar-refractivity contribution in [1.29, 1.82) is 0 Å². The van der Waals surface area contributed by atoms with Crippen LogP contribution < -0.4 is 0 Å². The molecule has 19 heavy (non-hydrogen) atoms. The summed E-state index contributed by atoms with van der Waals surface area (Å²) in [5, 5.41) is 10.4. The third-order valence-corrected chi connectivity index (χ3v) is 4.66. The Kier molecular flexibility index (Phi) is 3.90. The van der Waals surface area contributed by atoms with Gasteiger partial charge in [0.25, 0.3) is 0 Å². The Labute approximate surface area is 115 Å². The SMILES string of the molecule is CCOC1CC(CC(O)c2ccc3c(c2)CCC3)C1. The van der Waals surface area contributed by atoms with E-state index in [9.17, 15) is 5.11 Å². The molecular weight excluding hydrogens is 236 g/mol. The summed E-state index contributed by atoms with van der Waals surface area (Å²) < 4.78 is 5.57. The average Bonchev–Trinajstić information content (AvgIpc) is 2.83. The zero-order chi connectivity index (χ0) is 13.2. The van der Waals surface area contributed by atoms with Gasteiger partial charge in [-0.1, -0.05) is 18.2 Å². The molecule has 0 heterocycles. The molecule has 1 unspecified atom stereocenters. The van der Waals surface area contributed by atoms with Crippen LogP contribution in [-0.2, 0) is 17.6 Å². The summed E-state index contributed by atoms with van der Waals surface area (Å²) in [4.78, 5) is 0. The fourth-order valence-corrected chi connectivity index (χ4v) is 3.49. The van der Waals surface area contributed by atoms with Gasteiger partial charge in [0, 0.05) is 6.61 Å². The molecule has 0 amide bonds. The molecule has 1 N–H and O–H groups in total. The van der Waals surface area contributed by atoms with E-state index in [0.29, 0.717) is 12.0 Å². The van der Waals surface area contributed by atoms with E-state index in [0.717, 1.165) is 31.4 Å². The van der Waals surface area contributed by atoms with E-state index in [4.69, 9.17) is 4.74 Å². The molecule has 2 aliphatic rings. The first-order chi connectivity index (χ1) is 9.26. The number of rotatable bonds is 5. The normalized spacial score (nSPS) is 26.8. The van der Waals surface area contributed by atoms with Crippen LogP contribution in [0, 0.1) is 5.92 Å². The first-order valence-electron chi connectivity index (χ1n) is 7.67. The van der Waals surface area contributed by atoms with Gasteiger partial charge in [-0.05, 0) is 68.1 Å². The minimum atomic E-state index is -0.293. The van der Waals surface area contributed by atoms with E-state index in [1.165, 1.54) is 30.4 Å². The van der Waals surface area contributed by atoms with E-state index in [-0.39, 0.29) is 6.10 Å². The molecule has 0 aromatic heterocycles. The molecule has 0 spiro atoms. The fraction of sp³-hybridized carbons (Fsp3) is 0.647. The van der Waals surface area contributed by atoms with Gasteiger partial charge in [-0.2, -0.15) is 0 Å². The van der Waals surface area contributed by atoms with Gasteiger partial charge in [0.2, 0.25) is 0 Å². The van der Waals surface area contributed by atoms with Crippen LogP contribution >= 0.6 is 0 Å². The maximum Gasteiger partial charge on any atom is 0.0792 e. The second-order valence-corrected chi connectivity index (χ2v) is 6.05. The molecule has 1 fully saturated rings. The maximum atomic E-state index is 10.4. The minimum Gasteiger partial charge on any atom is -0.388 e. The highest BCUT2D eigenvalue weighted by Gasteiger charge is 2.31. The van der Waals surface area contributed by atoms with Crippen LogP contribution in [0.4, 0.5) is 0 Å². The van der Waals surface area contributed by atoms with Gasteiger partial charge in [-0.25, -0.2) is 0 Å². The molecule has 0 bridgehead atoms. The van der Waals surface area contributed by atoms with E-state index in [1.54, 1.807) is 0 Å². The largest absolute Gasteiger partial charge is 0.388 e. The van der Waals surface area contributed by atoms with Gasteiger partial charge in [-0.3, -0.25) is 0 Å². The summed E-state index contributed by atoms with van der Waals surface area (Å²) >= 11 is 0. The van der Waals surface area contributed by atoms with Crippen LogP contribution in [0.15, 0.2) is 18.2 Å². The Morgan fingerprint density at radius 2 is 2.05 bits per heavy atom. The molecule has 1 saturated carbocycles. The number of ether oxygens (including phenoxy) is 1. The maximum absolute atomic E-state index is 10.4. The molecule has 104 valence electrons. The number of hydrogen-bond acceptors (Lipinski definition) is 2.